The molecule has 3 aromatic carbocycles. The van der Waals surface area contributed by atoms with Crippen molar-refractivity contribution in [3.05, 3.63) is 96.6 Å². The molecule has 6 nitrogen and oxygen atoms in total. The zero-order valence-corrected chi connectivity index (χ0v) is 17.3. The molecular weight excluding hydrogens is 388 g/mol. The van der Waals surface area contributed by atoms with Crippen LogP contribution in [0.3, 0.4) is 0 Å². The molecule has 0 radical (unpaired) electrons. The lowest BCUT2D eigenvalue weighted by molar-refractivity contribution is -0.126. The van der Waals surface area contributed by atoms with E-state index in [0.717, 1.165) is 27.6 Å². The van der Waals surface area contributed by atoms with Crippen LogP contribution in [0, 0.1) is 0 Å². The van der Waals surface area contributed by atoms with E-state index in [9.17, 15) is 9.59 Å². The lowest BCUT2D eigenvalue weighted by Crippen LogP contribution is -2.38. The summed E-state index contributed by atoms with van der Waals surface area (Å²) in [4.78, 5) is 28.7. The van der Waals surface area contributed by atoms with Gasteiger partial charge in [0, 0.05) is 18.1 Å². The number of hydrogen-bond acceptors (Lipinski definition) is 3. The number of nitrogens with one attached hydrogen (secondary N) is 2. The average Bonchev–Trinajstić information content (AvgIpc) is 3.33. The van der Waals surface area contributed by atoms with Crippen LogP contribution >= 0.6 is 0 Å². The minimum atomic E-state index is -0.225. The first-order valence-corrected chi connectivity index (χ1v) is 10.2. The molecule has 0 saturated heterocycles. The van der Waals surface area contributed by atoms with Gasteiger partial charge < -0.3 is 15.2 Å². The van der Waals surface area contributed by atoms with Crippen molar-refractivity contribution in [2.45, 2.75) is 19.4 Å². The number of fused-ring (bicyclic) bond motifs is 1. The summed E-state index contributed by atoms with van der Waals surface area (Å²) in [6.07, 6.45) is 5.58. The molecule has 0 bridgehead atoms. The fraction of sp³-hybridized carbons (Fsp3) is 0.160. The van der Waals surface area contributed by atoms with Gasteiger partial charge in [-0.15, -0.1) is 0 Å². The molecule has 0 spiro atoms. The Kier molecular flexibility index (Phi) is 6.08. The van der Waals surface area contributed by atoms with Crippen LogP contribution in [0.25, 0.3) is 16.5 Å². The van der Waals surface area contributed by atoms with E-state index in [4.69, 9.17) is 0 Å². The number of aromatic nitrogens is 2. The molecule has 0 aliphatic rings. The van der Waals surface area contributed by atoms with Gasteiger partial charge in [-0.05, 0) is 41.0 Å². The molecule has 0 saturated carbocycles. The highest BCUT2D eigenvalue weighted by atomic mass is 16.2. The molecule has 4 rings (SSSR count). The van der Waals surface area contributed by atoms with Gasteiger partial charge in [-0.2, -0.15) is 0 Å². The molecule has 1 aromatic heterocycles. The Balaban J connectivity index is 1.29. The Morgan fingerprint density at radius 1 is 0.968 bits per heavy atom. The third-order valence-corrected chi connectivity index (χ3v) is 5.25. The number of nitrogens with zero attached hydrogens (tertiary/aromatic N) is 2. The molecule has 0 aliphatic heterocycles. The molecule has 0 aliphatic carbocycles. The minimum Gasteiger partial charge on any atom is -0.348 e. The van der Waals surface area contributed by atoms with Gasteiger partial charge in [0.05, 0.1) is 25.3 Å². The smallest absolute Gasteiger partial charge is 0.239 e. The van der Waals surface area contributed by atoms with Crippen molar-refractivity contribution in [1.82, 2.24) is 20.2 Å². The van der Waals surface area contributed by atoms with Crippen molar-refractivity contribution in [3.8, 4) is 5.69 Å². The predicted octanol–water partition coefficient (Wildman–Crippen LogP) is 3.56. The van der Waals surface area contributed by atoms with Crippen LogP contribution in [0.1, 0.15) is 24.1 Å². The average molecular weight is 412 g/mol. The van der Waals surface area contributed by atoms with Gasteiger partial charge in [0.1, 0.15) is 0 Å². The lowest BCUT2D eigenvalue weighted by atomic mass is 10.0. The fourth-order valence-electron chi connectivity index (χ4n) is 3.58. The second-order valence-electron chi connectivity index (χ2n) is 7.44. The standard InChI is InChI=1S/C25H24N4O2/c1-18(19-9-11-22(12-10-19)29-14-13-26-17-29)28-25(31)16-27-24(30)15-21-7-4-6-20-5-2-3-8-23(20)21/h2-14,17-18H,15-16H2,1H3,(H,27,30)(H,28,31). The van der Waals surface area contributed by atoms with E-state index in [1.54, 1.807) is 12.5 Å². The SMILES string of the molecule is CC(NC(=O)CNC(=O)Cc1cccc2ccccc12)c1ccc(-n2ccnc2)cc1. The second-order valence-corrected chi connectivity index (χ2v) is 7.44. The van der Waals surface area contributed by atoms with Gasteiger partial charge in [0.15, 0.2) is 0 Å². The fourth-order valence-corrected chi connectivity index (χ4v) is 3.58. The van der Waals surface area contributed by atoms with E-state index in [1.807, 2.05) is 84.4 Å². The zero-order chi connectivity index (χ0) is 21.6. The Morgan fingerprint density at radius 2 is 1.74 bits per heavy atom. The second kappa shape index (κ2) is 9.26. The van der Waals surface area contributed by atoms with Gasteiger partial charge in [0.25, 0.3) is 0 Å². The third-order valence-electron chi connectivity index (χ3n) is 5.25. The molecule has 2 N–H and O–H groups in total. The van der Waals surface area contributed by atoms with Crippen molar-refractivity contribution in [2.24, 2.45) is 0 Å². The summed E-state index contributed by atoms with van der Waals surface area (Å²) in [6.45, 7) is 1.86. The van der Waals surface area contributed by atoms with Gasteiger partial charge in [-0.25, -0.2) is 4.98 Å². The van der Waals surface area contributed by atoms with Gasteiger partial charge >= 0.3 is 0 Å². The lowest BCUT2D eigenvalue weighted by Gasteiger charge is -2.15. The van der Waals surface area contributed by atoms with E-state index in [0.29, 0.717) is 0 Å². The normalized spacial score (nSPS) is 11.8. The summed E-state index contributed by atoms with van der Waals surface area (Å²) < 4.78 is 1.92. The number of imidazole rings is 1. The summed E-state index contributed by atoms with van der Waals surface area (Å²) in [5.41, 5.74) is 2.93. The van der Waals surface area contributed by atoms with Crippen LogP contribution in [0.4, 0.5) is 0 Å². The summed E-state index contributed by atoms with van der Waals surface area (Å²) in [5.74, 6) is -0.402. The third kappa shape index (κ3) is 4.98. The number of benzene rings is 3. The summed E-state index contributed by atoms with van der Waals surface area (Å²) in [6, 6.07) is 21.6. The van der Waals surface area contributed by atoms with Crippen molar-refractivity contribution in [1.29, 1.82) is 0 Å². The Bertz CT molecular complexity index is 1180. The minimum absolute atomic E-state index is 0.0545. The van der Waals surface area contributed by atoms with Crippen LogP contribution < -0.4 is 10.6 Å². The van der Waals surface area contributed by atoms with Crippen LogP contribution in [0.5, 0.6) is 0 Å². The highest BCUT2D eigenvalue weighted by molar-refractivity contribution is 5.91. The first kappa shape index (κ1) is 20.3. The van der Waals surface area contributed by atoms with E-state index >= 15 is 0 Å². The molecular formula is C25H24N4O2. The van der Waals surface area contributed by atoms with E-state index in [-0.39, 0.29) is 30.8 Å². The number of amides is 2. The molecule has 0 fully saturated rings. The van der Waals surface area contributed by atoms with Crippen LogP contribution in [0.2, 0.25) is 0 Å². The molecule has 4 aromatic rings. The van der Waals surface area contributed by atoms with Crippen molar-refractivity contribution in [3.63, 3.8) is 0 Å². The highest BCUT2D eigenvalue weighted by Crippen LogP contribution is 2.19. The van der Waals surface area contributed by atoms with Crippen molar-refractivity contribution < 1.29 is 9.59 Å². The number of rotatable bonds is 7. The maximum absolute atomic E-state index is 12.4. The zero-order valence-electron chi connectivity index (χ0n) is 17.3. The Morgan fingerprint density at radius 3 is 2.52 bits per heavy atom. The molecule has 1 atom stereocenters. The largest absolute Gasteiger partial charge is 0.348 e. The summed E-state index contributed by atoms with van der Waals surface area (Å²) >= 11 is 0. The monoisotopic (exact) mass is 412 g/mol. The number of carbonyl (C=O) groups excluding carboxylic acids is 2. The first-order chi connectivity index (χ1) is 15.1. The molecule has 6 heteroatoms. The maximum atomic E-state index is 12.4. The topological polar surface area (TPSA) is 76.0 Å². The first-order valence-electron chi connectivity index (χ1n) is 10.2. The van der Waals surface area contributed by atoms with Gasteiger partial charge in [-0.3, -0.25) is 9.59 Å². The maximum Gasteiger partial charge on any atom is 0.239 e. The molecule has 2 amide bonds. The molecule has 31 heavy (non-hydrogen) atoms. The number of carbonyl (C=O) groups is 2. The molecule has 1 heterocycles. The highest BCUT2D eigenvalue weighted by Gasteiger charge is 2.12. The molecule has 156 valence electrons. The van der Waals surface area contributed by atoms with Crippen molar-refractivity contribution >= 4 is 22.6 Å². The van der Waals surface area contributed by atoms with E-state index < -0.39 is 0 Å². The van der Waals surface area contributed by atoms with Gasteiger partial charge in [-0.1, -0.05) is 54.6 Å². The number of hydrogen-bond donors (Lipinski definition) is 2. The van der Waals surface area contributed by atoms with E-state index in [2.05, 4.69) is 15.6 Å². The van der Waals surface area contributed by atoms with E-state index in [1.165, 1.54) is 0 Å². The van der Waals surface area contributed by atoms with Crippen LogP contribution in [-0.4, -0.2) is 27.9 Å². The quantitative estimate of drug-likeness (QED) is 0.487. The summed E-state index contributed by atoms with van der Waals surface area (Å²) in [5, 5.41) is 7.79. The Labute approximate surface area is 180 Å². The van der Waals surface area contributed by atoms with Crippen LogP contribution in [-0.2, 0) is 16.0 Å². The summed E-state index contributed by atoms with van der Waals surface area (Å²) in [7, 11) is 0. The van der Waals surface area contributed by atoms with Crippen molar-refractivity contribution in [2.75, 3.05) is 6.54 Å². The molecule has 1 unspecified atom stereocenters. The predicted molar refractivity (Wildman–Crippen MR) is 121 cm³/mol. The van der Waals surface area contributed by atoms with Crippen LogP contribution in [0.15, 0.2) is 85.5 Å². The Hall–Kier alpha value is -3.93. The van der Waals surface area contributed by atoms with Gasteiger partial charge in [0.2, 0.25) is 11.8 Å².